The van der Waals surface area contributed by atoms with Gasteiger partial charge in [-0.05, 0) is 44.3 Å². The molecule has 0 saturated carbocycles. The predicted octanol–water partition coefficient (Wildman–Crippen LogP) is 0.554. The zero-order valence-electron chi connectivity index (χ0n) is 18.3. The smallest absolute Gasteiger partial charge is 0.343 e. The maximum atomic E-state index is 13.3. The molecule has 0 aliphatic carbocycles. The topological polar surface area (TPSA) is 84.7 Å². The van der Waals surface area contributed by atoms with Gasteiger partial charge in [0.15, 0.2) is 5.60 Å². The zero-order valence-corrected chi connectivity index (χ0v) is 18.3. The van der Waals surface area contributed by atoms with Crippen molar-refractivity contribution < 1.29 is 14.6 Å². The molecule has 0 spiro atoms. The van der Waals surface area contributed by atoms with Crippen molar-refractivity contribution in [2.24, 2.45) is 0 Å². The van der Waals surface area contributed by atoms with Gasteiger partial charge in [0.2, 0.25) is 0 Å². The zero-order chi connectivity index (χ0) is 22.8. The number of rotatable bonds is 4. The Morgan fingerprint density at radius 3 is 2.78 bits per heavy atom. The average Bonchev–Trinajstić information content (AvgIpc) is 3.13. The Morgan fingerprint density at radius 2 is 2.09 bits per heavy atom. The molecular formula is C23H22B2N3O4. The van der Waals surface area contributed by atoms with Gasteiger partial charge in [0.25, 0.3) is 5.56 Å². The number of nitrogens with zero attached hydrogens (tertiary/aromatic N) is 3. The van der Waals surface area contributed by atoms with Crippen LogP contribution in [0.3, 0.4) is 0 Å². The highest BCUT2D eigenvalue weighted by Gasteiger charge is 2.45. The van der Waals surface area contributed by atoms with E-state index in [1.54, 1.807) is 24.7 Å². The Balaban J connectivity index is 1.74. The number of aliphatic hydroxyl groups is 1. The lowest BCUT2D eigenvalue weighted by molar-refractivity contribution is -0.172. The van der Waals surface area contributed by atoms with Crippen LogP contribution in [0.2, 0.25) is 0 Å². The highest BCUT2D eigenvalue weighted by atomic mass is 16.6. The third-order valence-corrected chi connectivity index (χ3v) is 6.49. The second-order valence-corrected chi connectivity index (χ2v) is 8.70. The summed E-state index contributed by atoms with van der Waals surface area (Å²) >= 11 is 0. The molecule has 32 heavy (non-hydrogen) atoms. The first-order chi connectivity index (χ1) is 15.3. The summed E-state index contributed by atoms with van der Waals surface area (Å²) in [5.74, 6) is -0.722. The largest absolute Gasteiger partial charge is 0.458 e. The molecule has 0 amide bonds. The molecule has 0 fully saturated rings. The minimum Gasteiger partial charge on any atom is -0.458 e. The summed E-state index contributed by atoms with van der Waals surface area (Å²) in [6.45, 7) is 2.63. The van der Waals surface area contributed by atoms with Crippen molar-refractivity contribution >= 4 is 37.2 Å². The van der Waals surface area contributed by atoms with Gasteiger partial charge in [-0.1, -0.05) is 18.5 Å². The van der Waals surface area contributed by atoms with Crippen molar-refractivity contribution in [3.05, 3.63) is 56.9 Å². The van der Waals surface area contributed by atoms with Crippen LogP contribution in [0.1, 0.15) is 35.6 Å². The number of carbonyl (C=O) groups is 1. The highest BCUT2D eigenvalue weighted by Crippen LogP contribution is 2.38. The molecular weight excluding hydrogens is 404 g/mol. The van der Waals surface area contributed by atoms with E-state index in [4.69, 9.17) is 17.5 Å². The number of hydrogen-bond donors (Lipinski definition) is 1. The lowest BCUT2D eigenvalue weighted by Gasteiger charge is -2.31. The van der Waals surface area contributed by atoms with Crippen molar-refractivity contribution in [3.63, 3.8) is 0 Å². The number of cyclic esters (lactones) is 1. The molecule has 1 unspecified atom stereocenters. The summed E-state index contributed by atoms with van der Waals surface area (Å²) in [6, 6.07) is 7.67. The third kappa shape index (κ3) is 2.88. The van der Waals surface area contributed by atoms with E-state index in [1.165, 1.54) is 0 Å². The molecule has 1 N–H and O–H groups in total. The number of benzene rings is 1. The minimum absolute atomic E-state index is 0.117. The van der Waals surface area contributed by atoms with E-state index < -0.39 is 11.6 Å². The Labute approximate surface area is 187 Å². The summed E-state index contributed by atoms with van der Waals surface area (Å²) in [6.07, 6.45) is 0.117. The first-order valence-electron chi connectivity index (χ1n) is 10.6. The molecule has 1 aromatic carbocycles. The average molecular weight is 426 g/mol. The Morgan fingerprint density at radius 1 is 1.31 bits per heavy atom. The SMILES string of the molecule is [B][B]c1ccc2nc3c(cc2c1CN(C)C)Cn1c-3cc2c(c1=O)COC(=O)C2(O)CC. The van der Waals surface area contributed by atoms with E-state index in [0.29, 0.717) is 35.6 Å². The van der Waals surface area contributed by atoms with Crippen LogP contribution in [0.5, 0.6) is 0 Å². The van der Waals surface area contributed by atoms with Crippen LogP contribution in [0.4, 0.5) is 0 Å². The molecule has 3 aromatic rings. The van der Waals surface area contributed by atoms with Crippen LogP contribution in [-0.2, 0) is 34.8 Å². The van der Waals surface area contributed by atoms with E-state index in [9.17, 15) is 14.7 Å². The number of ether oxygens (including phenoxy) is 1. The molecule has 2 aromatic heterocycles. The maximum absolute atomic E-state index is 13.3. The number of hydrogen-bond acceptors (Lipinski definition) is 6. The van der Waals surface area contributed by atoms with Crippen molar-refractivity contribution in [2.45, 2.75) is 38.6 Å². The molecule has 1 atom stereocenters. The van der Waals surface area contributed by atoms with Crippen LogP contribution < -0.4 is 11.0 Å². The Kier molecular flexibility index (Phi) is 4.80. The van der Waals surface area contributed by atoms with E-state index in [2.05, 4.69) is 11.0 Å². The standard InChI is InChI=1S/C23H22B2N3O4/c1-4-23(31)16-8-19-20-12(9-28(19)21(29)15(16)11-32-22(23)30)7-13-14(10-27(2)3)17(25-24)5-6-18(13)26-20/h5-8,31H,4,9-11H2,1-3H3. The Hall–Kier alpha value is -2.90. The number of esters is 1. The number of aromatic nitrogens is 2. The number of carbonyl (C=O) groups excluding carboxylic acids is 1. The van der Waals surface area contributed by atoms with Gasteiger partial charge >= 0.3 is 5.97 Å². The minimum atomic E-state index is -1.83. The molecule has 4 heterocycles. The molecule has 9 heteroatoms. The van der Waals surface area contributed by atoms with Crippen LogP contribution in [-0.4, -0.2) is 54.5 Å². The molecule has 159 valence electrons. The number of fused-ring (bicyclic) bond motifs is 5. The fourth-order valence-electron chi connectivity index (χ4n) is 4.78. The second-order valence-electron chi connectivity index (χ2n) is 8.70. The van der Waals surface area contributed by atoms with Crippen molar-refractivity contribution in [2.75, 3.05) is 14.1 Å². The van der Waals surface area contributed by atoms with Gasteiger partial charge in [-0.2, -0.15) is 0 Å². The molecule has 0 saturated heterocycles. The van der Waals surface area contributed by atoms with Crippen molar-refractivity contribution in [3.8, 4) is 11.4 Å². The monoisotopic (exact) mass is 426 g/mol. The molecule has 3 radical (unpaired) electrons. The molecule has 2 aliphatic heterocycles. The van der Waals surface area contributed by atoms with Crippen molar-refractivity contribution in [1.29, 1.82) is 0 Å². The third-order valence-electron chi connectivity index (χ3n) is 6.49. The molecule has 2 aliphatic rings. The summed E-state index contributed by atoms with van der Waals surface area (Å²) < 4.78 is 6.78. The summed E-state index contributed by atoms with van der Waals surface area (Å²) in [4.78, 5) is 32.6. The maximum Gasteiger partial charge on any atom is 0.343 e. The summed E-state index contributed by atoms with van der Waals surface area (Å²) in [7, 11) is 11.5. The van der Waals surface area contributed by atoms with Gasteiger partial charge in [0.1, 0.15) is 6.61 Å². The first kappa shape index (κ1) is 21.0. The quantitative estimate of drug-likeness (QED) is 0.379. The van der Waals surface area contributed by atoms with Gasteiger partial charge in [-0.15, -0.1) is 0 Å². The van der Waals surface area contributed by atoms with E-state index in [0.717, 1.165) is 27.5 Å². The fourth-order valence-corrected chi connectivity index (χ4v) is 4.78. The highest BCUT2D eigenvalue weighted by molar-refractivity contribution is 6.97. The predicted molar refractivity (Wildman–Crippen MR) is 123 cm³/mol. The van der Waals surface area contributed by atoms with Gasteiger partial charge in [-0.3, -0.25) is 4.79 Å². The molecule has 0 bridgehead atoms. The van der Waals surface area contributed by atoms with E-state index >= 15 is 0 Å². The fraction of sp³-hybridized carbons (Fsp3) is 0.348. The summed E-state index contributed by atoms with van der Waals surface area (Å²) in [5.41, 5.74) is 3.59. The normalized spacial score (nSPS) is 19.0. The van der Waals surface area contributed by atoms with E-state index in [1.807, 2.05) is 26.2 Å². The van der Waals surface area contributed by atoms with Crippen LogP contribution in [0, 0.1) is 0 Å². The van der Waals surface area contributed by atoms with Crippen LogP contribution in [0.15, 0.2) is 29.1 Å². The summed E-state index contributed by atoms with van der Waals surface area (Å²) in [5, 5.41) is 12.0. The van der Waals surface area contributed by atoms with Crippen LogP contribution in [0.25, 0.3) is 22.3 Å². The second kappa shape index (κ2) is 7.32. The first-order valence-corrected chi connectivity index (χ1v) is 10.6. The lowest BCUT2D eigenvalue weighted by Crippen LogP contribution is -2.44. The molecule has 7 nitrogen and oxygen atoms in total. The van der Waals surface area contributed by atoms with Gasteiger partial charge in [0.05, 0.1) is 36.2 Å². The molecule has 5 rings (SSSR count). The lowest BCUT2D eigenvalue weighted by atomic mass is 9.50. The number of pyridine rings is 2. The van der Waals surface area contributed by atoms with Crippen LogP contribution >= 0.6 is 0 Å². The van der Waals surface area contributed by atoms with Crippen molar-refractivity contribution in [1.82, 2.24) is 14.5 Å². The van der Waals surface area contributed by atoms with Gasteiger partial charge in [0, 0.05) is 30.8 Å². The Bertz CT molecular complexity index is 1350. The van der Waals surface area contributed by atoms with E-state index in [-0.39, 0.29) is 18.6 Å². The van der Waals surface area contributed by atoms with Gasteiger partial charge < -0.3 is 19.3 Å². The van der Waals surface area contributed by atoms with Gasteiger partial charge in [-0.25, -0.2) is 9.78 Å².